The number of nitrogens with zero attached hydrogens (tertiary/aromatic N) is 2. The smallest absolute Gasteiger partial charge is 0.410 e. The third-order valence-corrected chi connectivity index (χ3v) is 4.76. The standard InChI is InChI=1S/C19H22N2O6S/c1-4-8-25-18(23)17-11-15(27-20-17)7-6-14-10-16(28-13(3)22)12-21(14)19(24)26-9-5-2/h4-7,11,14,16H,1-2,8-10,12H2,3H3/t14-,16+/m1/s1. The van der Waals surface area contributed by atoms with Crippen LogP contribution in [-0.4, -0.2) is 58.3 Å². The van der Waals surface area contributed by atoms with Gasteiger partial charge in [0.05, 0.1) is 6.04 Å². The summed E-state index contributed by atoms with van der Waals surface area (Å²) < 4.78 is 15.1. The van der Waals surface area contributed by atoms with Crippen molar-refractivity contribution in [1.29, 1.82) is 0 Å². The van der Waals surface area contributed by atoms with Gasteiger partial charge in [-0.15, -0.1) is 0 Å². The number of carbonyl (C=O) groups excluding carboxylic acids is 3. The van der Waals surface area contributed by atoms with E-state index in [9.17, 15) is 14.4 Å². The second-order valence-corrected chi connectivity index (χ2v) is 7.39. The van der Waals surface area contributed by atoms with E-state index in [1.807, 2.05) is 0 Å². The van der Waals surface area contributed by atoms with Crippen molar-refractivity contribution >= 4 is 35.0 Å². The number of amides is 1. The van der Waals surface area contributed by atoms with Gasteiger partial charge in [0.1, 0.15) is 13.2 Å². The monoisotopic (exact) mass is 406 g/mol. The van der Waals surface area contributed by atoms with E-state index in [0.29, 0.717) is 18.7 Å². The van der Waals surface area contributed by atoms with Crippen LogP contribution in [0.5, 0.6) is 0 Å². The molecule has 1 aliphatic rings. The highest BCUT2D eigenvalue weighted by Crippen LogP contribution is 2.29. The Morgan fingerprint density at radius 2 is 2.04 bits per heavy atom. The molecule has 28 heavy (non-hydrogen) atoms. The largest absolute Gasteiger partial charge is 0.457 e. The Labute approximate surface area is 167 Å². The molecule has 9 heteroatoms. The molecular weight excluding hydrogens is 384 g/mol. The van der Waals surface area contributed by atoms with E-state index in [2.05, 4.69) is 18.3 Å². The van der Waals surface area contributed by atoms with Gasteiger partial charge in [-0.1, -0.05) is 48.3 Å². The second-order valence-electron chi connectivity index (χ2n) is 5.91. The maximum atomic E-state index is 12.3. The first kappa shape index (κ1) is 21.5. The van der Waals surface area contributed by atoms with Crippen LogP contribution in [0.25, 0.3) is 6.08 Å². The minimum Gasteiger partial charge on any atom is -0.457 e. The van der Waals surface area contributed by atoms with Crippen molar-refractivity contribution in [3.05, 3.63) is 48.9 Å². The Balaban J connectivity index is 2.07. The van der Waals surface area contributed by atoms with Gasteiger partial charge in [-0.3, -0.25) is 4.79 Å². The summed E-state index contributed by atoms with van der Waals surface area (Å²) in [5.41, 5.74) is 0.0418. The van der Waals surface area contributed by atoms with Crippen LogP contribution in [-0.2, 0) is 14.3 Å². The summed E-state index contributed by atoms with van der Waals surface area (Å²) in [7, 11) is 0. The number of thioether (sulfide) groups is 1. The van der Waals surface area contributed by atoms with Crippen LogP contribution < -0.4 is 0 Å². The number of aromatic nitrogens is 1. The molecule has 2 rings (SSSR count). The maximum Gasteiger partial charge on any atom is 0.410 e. The average molecular weight is 406 g/mol. The molecule has 150 valence electrons. The molecular formula is C19H22N2O6S. The van der Waals surface area contributed by atoms with Crippen molar-refractivity contribution in [3.63, 3.8) is 0 Å². The van der Waals surface area contributed by atoms with Crippen molar-refractivity contribution in [2.45, 2.75) is 24.6 Å². The van der Waals surface area contributed by atoms with Gasteiger partial charge in [0.15, 0.2) is 16.6 Å². The molecule has 1 amide bonds. The lowest BCUT2D eigenvalue weighted by Gasteiger charge is -2.21. The summed E-state index contributed by atoms with van der Waals surface area (Å²) in [6, 6.07) is 1.16. The van der Waals surface area contributed by atoms with Gasteiger partial charge < -0.3 is 18.9 Å². The Kier molecular flexibility index (Phi) is 8.06. The maximum absolute atomic E-state index is 12.3. The van der Waals surface area contributed by atoms with Crippen LogP contribution in [0.1, 0.15) is 29.6 Å². The predicted molar refractivity (Wildman–Crippen MR) is 105 cm³/mol. The first-order valence-electron chi connectivity index (χ1n) is 8.59. The second kappa shape index (κ2) is 10.5. The molecule has 1 aromatic rings. The van der Waals surface area contributed by atoms with Gasteiger partial charge in [-0.25, -0.2) is 9.59 Å². The van der Waals surface area contributed by atoms with Crippen LogP contribution >= 0.6 is 11.8 Å². The first-order chi connectivity index (χ1) is 13.4. The molecule has 0 saturated carbocycles. The fraction of sp³-hybridized carbons (Fsp3) is 0.368. The Hall–Kier alpha value is -2.81. The fourth-order valence-corrected chi connectivity index (χ4v) is 3.63. The van der Waals surface area contributed by atoms with Gasteiger partial charge in [0.2, 0.25) is 0 Å². The number of hydrogen-bond acceptors (Lipinski definition) is 8. The van der Waals surface area contributed by atoms with Gasteiger partial charge in [-0.2, -0.15) is 0 Å². The van der Waals surface area contributed by atoms with Crippen molar-refractivity contribution in [1.82, 2.24) is 10.1 Å². The van der Waals surface area contributed by atoms with Gasteiger partial charge >= 0.3 is 12.1 Å². The SMILES string of the molecule is C=CCOC(=O)c1cc(C=C[C@@H]2C[C@H](SC(C)=O)CN2C(=O)OCC=C)on1. The molecule has 0 radical (unpaired) electrons. The average Bonchev–Trinajstić information content (AvgIpc) is 3.29. The molecule has 1 aliphatic heterocycles. The van der Waals surface area contributed by atoms with Gasteiger partial charge in [0.25, 0.3) is 0 Å². The quantitative estimate of drug-likeness (QED) is 0.480. The van der Waals surface area contributed by atoms with E-state index < -0.39 is 12.1 Å². The Morgan fingerprint density at radius 3 is 2.71 bits per heavy atom. The van der Waals surface area contributed by atoms with Crippen molar-refractivity contribution in [2.24, 2.45) is 0 Å². The lowest BCUT2D eigenvalue weighted by molar-refractivity contribution is -0.109. The van der Waals surface area contributed by atoms with Crippen LogP contribution in [0, 0.1) is 0 Å². The van der Waals surface area contributed by atoms with E-state index in [4.69, 9.17) is 14.0 Å². The van der Waals surface area contributed by atoms with Crippen LogP contribution in [0.3, 0.4) is 0 Å². The lowest BCUT2D eigenvalue weighted by Crippen LogP contribution is -2.35. The molecule has 0 bridgehead atoms. The highest BCUT2D eigenvalue weighted by Gasteiger charge is 2.35. The highest BCUT2D eigenvalue weighted by molar-refractivity contribution is 8.14. The Morgan fingerprint density at radius 1 is 1.32 bits per heavy atom. The summed E-state index contributed by atoms with van der Waals surface area (Å²) in [6.07, 6.45) is 6.43. The summed E-state index contributed by atoms with van der Waals surface area (Å²) in [5.74, 6) is -0.274. The van der Waals surface area contributed by atoms with E-state index in [1.165, 1.54) is 36.9 Å². The zero-order valence-corrected chi connectivity index (χ0v) is 16.4. The molecule has 2 heterocycles. The topological polar surface area (TPSA) is 98.9 Å². The molecule has 1 saturated heterocycles. The summed E-state index contributed by atoms with van der Waals surface area (Å²) in [5, 5.41) is 3.63. The van der Waals surface area contributed by atoms with Gasteiger partial charge in [0, 0.05) is 24.8 Å². The van der Waals surface area contributed by atoms with E-state index in [1.54, 1.807) is 17.1 Å². The van der Waals surface area contributed by atoms with E-state index >= 15 is 0 Å². The number of ether oxygens (including phenoxy) is 2. The summed E-state index contributed by atoms with van der Waals surface area (Å²) >= 11 is 1.20. The van der Waals surface area contributed by atoms with Crippen molar-refractivity contribution in [2.75, 3.05) is 19.8 Å². The summed E-state index contributed by atoms with van der Waals surface area (Å²) in [4.78, 5) is 37.0. The molecule has 8 nitrogen and oxygen atoms in total. The molecule has 1 aromatic heterocycles. The zero-order valence-electron chi connectivity index (χ0n) is 15.5. The van der Waals surface area contributed by atoms with Gasteiger partial charge in [-0.05, 0) is 12.5 Å². The molecule has 0 aliphatic carbocycles. The van der Waals surface area contributed by atoms with Crippen LogP contribution in [0.4, 0.5) is 4.79 Å². The number of carbonyl (C=O) groups is 3. The molecule has 0 unspecified atom stereocenters. The molecule has 1 fully saturated rings. The van der Waals surface area contributed by atoms with Crippen LogP contribution in [0.2, 0.25) is 0 Å². The molecule has 0 aromatic carbocycles. The molecule has 0 N–H and O–H groups in total. The molecule has 2 atom stereocenters. The number of esters is 1. The number of hydrogen-bond donors (Lipinski definition) is 0. The van der Waals surface area contributed by atoms with E-state index in [-0.39, 0.29) is 35.3 Å². The van der Waals surface area contributed by atoms with Crippen LogP contribution in [0.15, 0.2) is 42.0 Å². The third kappa shape index (κ3) is 6.12. The highest BCUT2D eigenvalue weighted by atomic mass is 32.2. The van der Waals surface area contributed by atoms with Crippen molar-refractivity contribution in [3.8, 4) is 0 Å². The summed E-state index contributed by atoms with van der Waals surface area (Å²) in [6.45, 7) is 9.06. The molecule has 0 spiro atoms. The van der Waals surface area contributed by atoms with Crippen molar-refractivity contribution < 1.29 is 28.4 Å². The normalized spacial score (nSPS) is 18.8. The first-order valence-corrected chi connectivity index (χ1v) is 9.47. The number of rotatable bonds is 8. The Bertz CT molecular complexity index is 772. The third-order valence-electron chi connectivity index (χ3n) is 3.75. The lowest BCUT2D eigenvalue weighted by atomic mass is 10.2. The minimum absolute atomic E-state index is 0.00745. The van der Waals surface area contributed by atoms with E-state index in [0.717, 1.165) is 0 Å². The minimum atomic E-state index is -0.614. The predicted octanol–water partition coefficient (Wildman–Crippen LogP) is 3.08. The fourth-order valence-electron chi connectivity index (χ4n) is 2.63. The zero-order chi connectivity index (χ0) is 20.5. The number of likely N-dealkylation sites (tertiary alicyclic amines) is 1.